The average Bonchev–Trinajstić information content (AvgIpc) is 3.04. The molecule has 0 saturated carbocycles. The molecule has 0 saturated heterocycles. The molecule has 0 aliphatic heterocycles. The Balaban J connectivity index is 2.10. The zero-order chi connectivity index (χ0) is 17.6. The molecule has 126 valence electrons. The van der Waals surface area contributed by atoms with Crippen LogP contribution in [0.1, 0.15) is 11.1 Å². The van der Waals surface area contributed by atoms with E-state index >= 15 is 0 Å². The van der Waals surface area contributed by atoms with Crippen molar-refractivity contribution in [3.63, 3.8) is 0 Å². The van der Waals surface area contributed by atoms with Crippen molar-refractivity contribution in [3.8, 4) is 0 Å². The van der Waals surface area contributed by atoms with E-state index in [9.17, 15) is 4.79 Å². The van der Waals surface area contributed by atoms with Crippen molar-refractivity contribution in [3.05, 3.63) is 70.0 Å². The van der Waals surface area contributed by atoms with Gasteiger partial charge in [-0.05, 0) is 24.6 Å². The minimum atomic E-state index is -0.0484. The van der Waals surface area contributed by atoms with Gasteiger partial charge in [0.25, 0.3) is 5.56 Å². The van der Waals surface area contributed by atoms with Crippen LogP contribution in [0, 0.1) is 6.92 Å². The molecule has 0 unspecified atom stereocenters. The van der Waals surface area contributed by atoms with Crippen LogP contribution >= 0.6 is 0 Å². The Morgan fingerprint density at radius 3 is 2.52 bits per heavy atom. The smallest absolute Gasteiger partial charge is 0.263 e. The van der Waals surface area contributed by atoms with Gasteiger partial charge in [0.1, 0.15) is 0 Å². The Labute approximate surface area is 145 Å². The first-order valence-electron chi connectivity index (χ1n) is 8.16. The number of hydrogen-bond donors (Lipinski definition) is 0. The minimum Gasteiger partial charge on any atom is -0.347 e. The van der Waals surface area contributed by atoms with Crippen molar-refractivity contribution in [2.24, 2.45) is 0 Å². The van der Waals surface area contributed by atoms with Gasteiger partial charge >= 0.3 is 0 Å². The number of hydrogen-bond acceptors (Lipinski definition) is 4. The first kappa shape index (κ1) is 15.4. The zero-order valence-electron chi connectivity index (χ0n) is 14.5. The summed E-state index contributed by atoms with van der Waals surface area (Å²) in [7, 11) is 3.84. The second-order valence-corrected chi connectivity index (χ2v) is 6.43. The van der Waals surface area contributed by atoms with Gasteiger partial charge in [-0.15, -0.1) is 10.2 Å². The van der Waals surface area contributed by atoms with Gasteiger partial charge in [-0.25, -0.2) is 4.40 Å². The third-order valence-electron chi connectivity index (χ3n) is 4.32. The summed E-state index contributed by atoms with van der Waals surface area (Å²) in [6.07, 6.45) is 0. The molecule has 2 heterocycles. The fraction of sp³-hybridized carbons (Fsp3) is 0.211. The molecule has 0 radical (unpaired) electrons. The molecule has 0 aliphatic rings. The second-order valence-electron chi connectivity index (χ2n) is 6.43. The van der Waals surface area contributed by atoms with E-state index in [-0.39, 0.29) is 5.56 Å². The monoisotopic (exact) mass is 333 g/mol. The van der Waals surface area contributed by atoms with Gasteiger partial charge in [0.2, 0.25) is 11.7 Å². The van der Waals surface area contributed by atoms with E-state index in [4.69, 9.17) is 0 Å². The van der Waals surface area contributed by atoms with Crippen LogP contribution in [0.4, 0.5) is 5.95 Å². The Morgan fingerprint density at radius 1 is 1.04 bits per heavy atom. The largest absolute Gasteiger partial charge is 0.347 e. The number of fused-ring (bicyclic) bond motifs is 3. The van der Waals surface area contributed by atoms with Crippen molar-refractivity contribution >= 4 is 22.6 Å². The third kappa shape index (κ3) is 2.46. The average molecular weight is 333 g/mol. The Hall–Kier alpha value is -3.15. The summed E-state index contributed by atoms with van der Waals surface area (Å²) in [5.74, 6) is 1.25. The van der Waals surface area contributed by atoms with Gasteiger partial charge in [0.15, 0.2) is 0 Å². The molecule has 25 heavy (non-hydrogen) atoms. The first-order valence-corrected chi connectivity index (χ1v) is 8.16. The fourth-order valence-electron chi connectivity index (χ4n) is 3.11. The first-order chi connectivity index (χ1) is 12.1. The molecule has 0 amide bonds. The predicted molar refractivity (Wildman–Crippen MR) is 99.4 cm³/mol. The highest BCUT2D eigenvalue weighted by molar-refractivity contribution is 5.82. The van der Waals surface area contributed by atoms with E-state index in [1.807, 2.05) is 78.9 Å². The molecule has 0 aliphatic carbocycles. The number of benzene rings is 2. The highest BCUT2D eigenvalue weighted by atomic mass is 16.1. The predicted octanol–water partition coefficient (Wildman–Crippen LogP) is 2.47. The quantitative estimate of drug-likeness (QED) is 0.578. The summed E-state index contributed by atoms with van der Waals surface area (Å²) in [4.78, 5) is 15.0. The molecule has 0 N–H and O–H groups in total. The molecule has 2 aromatic carbocycles. The summed E-state index contributed by atoms with van der Waals surface area (Å²) in [5.41, 5.74) is 2.87. The van der Waals surface area contributed by atoms with Crippen molar-refractivity contribution < 1.29 is 0 Å². The third-order valence-corrected chi connectivity index (χ3v) is 4.32. The summed E-state index contributed by atoms with van der Waals surface area (Å²) < 4.78 is 3.64. The van der Waals surface area contributed by atoms with Crippen molar-refractivity contribution in [1.29, 1.82) is 0 Å². The van der Waals surface area contributed by atoms with Crippen LogP contribution in [0.2, 0.25) is 0 Å². The molecule has 0 bridgehead atoms. The van der Waals surface area contributed by atoms with Gasteiger partial charge < -0.3 is 4.90 Å². The molecule has 4 aromatic rings. The zero-order valence-corrected chi connectivity index (χ0v) is 14.5. The molecular weight excluding hydrogens is 314 g/mol. The molecule has 6 nitrogen and oxygen atoms in total. The lowest BCUT2D eigenvalue weighted by molar-refractivity contribution is 0.766. The molecule has 4 rings (SSSR count). The van der Waals surface area contributed by atoms with E-state index in [0.717, 1.165) is 16.6 Å². The highest BCUT2D eigenvalue weighted by Gasteiger charge is 2.17. The fourth-order valence-corrected chi connectivity index (χ4v) is 3.11. The van der Waals surface area contributed by atoms with Crippen LogP contribution in [-0.2, 0) is 6.54 Å². The Kier molecular flexibility index (Phi) is 3.53. The van der Waals surface area contributed by atoms with Gasteiger partial charge in [-0.1, -0.05) is 42.0 Å². The SMILES string of the molecule is Cc1ccc2c(c1)c(=O)n(Cc1ccccc1)c1nnc(N(C)C)n21. The lowest BCUT2D eigenvalue weighted by Crippen LogP contribution is -2.24. The van der Waals surface area contributed by atoms with Crippen molar-refractivity contribution in [1.82, 2.24) is 19.2 Å². The van der Waals surface area contributed by atoms with Crippen LogP contribution in [0.25, 0.3) is 16.7 Å². The molecule has 2 aromatic heterocycles. The molecule has 0 spiro atoms. The molecule has 6 heteroatoms. The van der Waals surface area contributed by atoms with E-state index in [2.05, 4.69) is 10.2 Å². The number of aryl methyl sites for hydroxylation is 1. The lowest BCUT2D eigenvalue weighted by Gasteiger charge is -2.14. The molecule has 0 fully saturated rings. The summed E-state index contributed by atoms with van der Waals surface area (Å²) >= 11 is 0. The van der Waals surface area contributed by atoms with Crippen molar-refractivity contribution in [2.45, 2.75) is 13.5 Å². The number of aromatic nitrogens is 4. The van der Waals surface area contributed by atoms with E-state index < -0.39 is 0 Å². The van der Waals surface area contributed by atoms with Crippen LogP contribution in [0.15, 0.2) is 53.3 Å². The van der Waals surface area contributed by atoms with Crippen molar-refractivity contribution in [2.75, 3.05) is 19.0 Å². The van der Waals surface area contributed by atoms with Crippen LogP contribution in [0.3, 0.4) is 0 Å². The van der Waals surface area contributed by atoms with Crippen LogP contribution in [-0.4, -0.2) is 33.3 Å². The number of nitrogens with zero attached hydrogens (tertiary/aromatic N) is 5. The summed E-state index contributed by atoms with van der Waals surface area (Å²) in [6, 6.07) is 15.8. The van der Waals surface area contributed by atoms with E-state index in [0.29, 0.717) is 23.7 Å². The van der Waals surface area contributed by atoms with Gasteiger partial charge in [0.05, 0.1) is 17.4 Å². The molecule has 0 atom stereocenters. The topological polar surface area (TPSA) is 55.4 Å². The molecular formula is C19H19N5O. The summed E-state index contributed by atoms with van der Waals surface area (Å²) in [5, 5.41) is 9.27. The van der Waals surface area contributed by atoms with Gasteiger partial charge in [0, 0.05) is 14.1 Å². The maximum atomic E-state index is 13.1. The Bertz CT molecular complexity index is 1130. The minimum absolute atomic E-state index is 0.0484. The van der Waals surface area contributed by atoms with Gasteiger partial charge in [-0.2, -0.15) is 0 Å². The highest BCUT2D eigenvalue weighted by Crippen LogP contribution is 2.20. The summed E-state index contributed by atoms with van der Waals surface area (Å²) in [6.45, 7) is 2.45. The van der Waals surface area contributed by atoms with Crippen LogP contribution < -0.4 is 10.5 Å². The standard InChI is InChI=1S/C19H19N5O/c1-13-9-10-16-15(11-13)17(25)23(12-14-7-5-4-6-8-14)19-21-20-18(22(2)3)24(16)19/h4-11H,12H2,1-3H3. The van der Waals surface area contributed by atoms with E-state index in [1.54, 1.807) is 4.57 Å². The maximum absolute atomic E-state index is 13.1. The normalized spacial score (nSPS) is 11.3. The Morgan fingerprint density at radius 2 is 1.80 bits per heavy atom. The van der Waals surface area contributed by atoms with Crippen LogP contribution in [0.5, 0.6) is 0 Å². The van der Waals surface area contributed by atoms with E-state index in [1.165, 1.54) is 0 Å². The number of rotatable bonds is 3. The lowest BCUT2D eigenvalue weighted by atomic mass is 10.1. The van der Waals surface area contributed by atoms with Gasteiger partial charge in [-0.3, -0.25) is 9.36 Å². The number of anilines is 1. The second kappa shape index (κ2) is 5.73. The maximum Gasteiger partial charge on any atom is 0.263 e.